The van der Waals surface area contributed by atoms with E-state index in [9.17, 15) is 0 Å². The van der Waals surface area contributed by atoms with E-state index in [4.69, 9.17) is 10.5 Å². The quantitative estimate of drug-likeness (QED) is 0.875. The van der Waals surface area contributed by atoms with E-state index in [2.05, 4.69) is 21.7 Å². The van der Waals surface area contributed by atoms with Crippen LogP contribution in [0.2, 0.25) is 0 Å². The van der Waals surface area contributed by atoms with E-state index in [-0.39, 0.29) is 12.1 Å². The average Bonchev–Trinajstić information content (AvgIpc) is 2.89. The molecule has 3 rings (SSSR count). The highest BCUT2D eigenvalue weighted by atomic mass is 16.5. The van der Waals surface area contributed by atoms with E-state index < -0.39 is 0 Å². The Labute approximate surface area is 106 Å². The Bertz CT molecular complexity index is 509. The Morgan fingerprint density at radius 1 is 1.28 bits per heavy atom. The monoisotopic (exact) mass is 243 g/mol. The molecule has 2 heterocycles. The number of benzene rings is 1. The van der Waals surface area contributed by atoms with Crippen LogP contribution in [0.3, 0.4) is 0 Å². The first-order valence-corrected chi connectivity index (χ1v) is 6.28. The lowest BCUT2D eigenvalue weighted by Gasteiger charge is -2.30. The van der Waals surface area contributed by atoms with Crippen LogP contribution < -0.4 is 5.73 Å². The molecule has 4 nitrogen and oxygen atoms in total. The standard InChI is InChI=1S/C14H17N3O/c15-12-6-9-18-10-13(12)17-8-7-16-14(17)11-4-2-1-3-5-11/h1-5,7-8,12-13H,6,9-10,15H2. The van der Waals surface area contributed by atoms with Crippen LogP contribution in [-0.4, -0.2) is 28.8 Å². The van der Waals surface area contributed by atoms with E-state index >= 15 is 0 Å². The van der Waals surface area contributed by atoms with Crippen LogP contribution >= 0.6 is 0 Å². The number of nitrogens with two attached hydrogens (primary N) is 1. The van der Waals surface area contributed by atoms with E-state index in [1.165, 1.54) is 0 Å². The zero-order chi connectivity index (χ0) is 12.4. The van der Waals surface area contributed by atoms with E-state index in [1.807, 2.05) is 30.6 Å². The van der Waals surface area contributed by atoms with Crippen molar-refractivity contribution in [2.45, 2.75) is 18.5 Å². The van der Waals surface area contributed by atoms with Gasteiger partial charge < -0.3 is 15.0 Å². The Morgan fingerprint density at radius 2 is 2.11 bits per heavy atom. The third-order valence-electron chi connectivity index (χ3n) is 3.44. The van der Waals surface area contributed by atoms with Crippen molar-refractivity contribution in [3.8, 4) is 11.4 Å². The summed E-state index contributed by atoms with van der Waals surface area (Å²) in [5.41, 5.74) is 7.30. The van der Waals surface area contributed by atoms with Crippen molar-refractivity contribution in [1.82, 2.24) is 9.55 Å². The molecule has 1 aliphatic rings. The minimum atomic E-state index is 0.135. The summed E-state index contributed by atoms with van der Waals surface area (Å²) in [6.45, 7) is 1.42. The molecule has 2 N–H and O–H groups in total. The van der Waals surface area contributed by atoms with Crippen molar-refractivity contribution in [1.29, 1.82) is 0 Å². The molecule has 1 aliphatic heterocycles. The van der Waals surface area contributed by atoms with E-state index in [0.29, 0.717) is 6.61 Å². The lowest BCUT2D eigenvalue weighted by Crippen LogP contribution is -2.40. The topological polar surface area (TPSA) is 53.1 Å². The molecule has 18 heavy (non-hydrogen) atoms. The van der Waals surface area contributed by atoms with Crippen molar-refractivity contribution in [2.24, 2.45) is 5.73 Å². The number of rotatable bonds is 2. The van der Waals surface area contributed by atoms with Gasteiger partial charge in [-0.15, -0.1) is 0 Å². The molecular formula is C14H17N3O. The van der Waals surface area contributed by atoms with Crippen LogP contribution in [-0.2, 0) is 4.74 Å². The van der Waals surface area contributed by atoms with Gasteiger partial charge in [0.15, 0.2) is 0 Å². The van der Waals surface area contributed by atoms with E-state index in [0.717, 1.165) is 24.4 Å². The molecule has 0 aliphatic carbocycles. The fraction of sp³-hybridized carbons (Fsp3) is 0.357. The van der Waals surface area contributed by atoms with Gasteiger partial charge in [-0.25, -0.2) is 4.98 Å². The largest absolute Gasteiger partial charge is 0.379 e. The number of ether oxygens (including phenoxy) is 1. The number of aromatic nitrogens is 2. The molecule has 0 amide bonds. The van der Waals surface area contributed by atoms with E-state index in [1.54, 1.807) is 0 Å². The van der Waals surface area contributed by atoms with Crippen molar-refractivity contribution >= 4 is 0 Å². The second-order valence-electron chi connectivity index (χ2n) is 4.62. The molecule has 4 heteroatoms. The number of nitrogens with zero attached hydrogens (tertiary/aromatic N) is 2. The maximum absolute atomic E-state index is 6.19. The van der Waals surface area contributed by atoms with Crippen LogP contribution in [0.1, 0.15) is 12.5 Å². The number of imidazole rings is 1. The SMILES string of the molecule is NC1CCOCC1n1ccnc1-c1ccccc1. The van der Waals surface area contributed by atoms with Crippen LogP contribution in [0.4, 0.5) is 0 Å². The molecule has 0 bridgehead atoms. The second-order valence-corrected chi connectivity index (χ2v) is 4.62. The van der Waals surface area contributed by atoms with Crippen LogP contribution in [0.5, 0.6) is 0 Å². The predicted molar refractivity (Wildman–Crippen MR) is 70.1 cm³/mol. The van der Waals surface area contributed by atoms with Gasteiger partial charge in [0.2, 0.25) is 0 Å². The Kier molecular flexibility index (Phi) is 3.13. The molecule has 0 radical (unpaired) electrons. The molecule has 0 spiro atoms. The highest BCUT2D eigenvalue weighted by Crippen LogP contribution is 2.25. The minimum Gasteiger partial charge on any atom is -0.379 e. The first kappa shape index (κ1) is 11.4. The summed E-state index contributed by atoms with van der Waals surface area (Å²) >= 11 is 0. The molecule has 1 fully saturated rings. The van der Waals surface area contributed by atoms with Crippen molar-refractivity contribution in [3.63, 3.8) is 0 Å². The smallest absolute Gasteiger partial charge is 0.140 e. The molecule has 2 aromatic rings. The van der Waals surface area contributed by atoms with Gasteiger partial charge in [0.25, 0.3) is 0 Å². The van der Waals surface area contributed by atoms with Gasteiger partial charge in [-0.3, -0.25) is 0 Å². The summed E-state index contributed by atoms with van der Waals surface area (Å²) in [5, 5.41) is 0. The molecule has 1 saturated heterocycles. The zero-order valence-electron chi connectivity index (χ0n) is 10.2. The third-order valence-corrected chi connectivity index (χ3v) is 3.44. The molecule has 2 unspecified atom stereocenters. The van der Waals surface area contributed by atoms with Crippen LogP contribution in [0.25, 0.3) is 11.4 Å². The fourth-order valence-electron chi connectivity index (χ4n) is 2.42. The van der Waals surface area contributed by atoms with Crippen LogP contribution in [0, 0.1) is 0 Å². The maximum atomic E-state index is 6.19. The normalized spacial score (nSPS) is 24.1. The van der Waals surface area contributed by atoms with Gasteiger partial charge in [0.1, 0.15) is 5.82 Å². The Morgan fingerprint density at radius 3 is 2.89 bits per heavy atom. The molecule has 94 valence electrons. The van der Waals surface area contributed by atoms with Crippen molar-refractivity contribution < 1.29 is 4.74 Å². The number of hydrogen-bond acceptors (Lipinski definition) is 3. The highest BCUT2D eigenvalue weighted by molar-refractivity contribution is 5.55. The van der Waals surface area contributed by atoms with Gasteiger partial charge in [0.05, 0.1) is 12.6 Å². The summed E-state index contributed by atoms with van der Waals surface area (Å²) < 4.78 is 7.68. The summed E-state index contributed by atoms with van der Waals surface area (Å²) in [6.07, 6.45) is 4.71. The molecule has 1 aromatic heterocycles. The Hall–Kier alpha value is -1.65. The van der Waals surface area contributed by atoms with Crippen molar-refractivity contribution in [3.05, 3.63) is 42.7 Å². The maximum Gasteiger partial charge on any atom is 0.140 e. The summed E-state index contributed by atoms with van der Waals surface area (Å²) in [6, 6.07) is 10.5. The summed E-state index contributed by atoms with van der Waals surface area (Å²) in [7, 11) is 0. The fourth-order valence-corrected chi connectivity index (χ4v) is 2.42. The lowest BCUT2D eigenvalue weighted by atomic mass is 10.0. The Balaban J connectivity index is 1.96. The third kappa shape index (κ3) is 2.05. The highest BCUT2D eigenvalue weighted by Gasteiger charge is 2.25. The van der Waals surface area contributed by atoms with Crippen LogP contribution in [0.15, 0.2) is 42.7 Å². The molecule has 2 atom stereocenters. The number of hydrogen-bond donors (Lipinski definition) is 1. The molecule has 0 saturated carbocycles. The predicted octanol–water partition coefficient (Wildman–Crippen LogP) is 1.84. The lowest BCUT2D eigenvalue weighted by molar-refractivity contribution is 0.0473. The molecular weight excluding hydrogens is 226 g/mol. The van der Waals surface area contributed by atoms with Crippen molar-refractivity contribution in [2.75, 3.05) is 13.2 Å². The van der Waals surface area contributed by atoms with Gasteiger partial charge in [-0.2, -0.15) is 0 Å². The summed E-state index contributed by atoms with van der Waals surface area (Å²) in [5.74, 6) is 0.960. The first-order valence-electron chi connectivity index (χ1n) is 6.28. The minimum absolute atomic E-state index is 0.135. The summed E-state index contributed by atoms with van der Waals surface area (Å²) in [4.78, 5) is 4.45. The van der Waals surface area contributed by atoms with Gasteiger partial charge >= 0.3 is 0 Å². The van der Waals surface area contributed by atoms with Gasteiger partial charge in [0, 0.05) is 30.6 Å². The molecule has 1 aromatic carbocycles. The average molecular weight is 243 g/mol. The van der Waals surface area contributed by atoms with Gasteiger partial charge in [-0.1, -0.05) is 30.3 Å². The van der Waals surface area contributed by atoms with Gasteiger partial charge in [-0.05, 0) is 6.42 Å². The first-order chi connectivity index (χ1) is 8.86. The second kappa shape index (κ2) is 4.92. The zero-order valence-corrected chi connectivity index (χ0v) is 10.2.